The van der Waals surface area contributed by atoms with E-state index in [4.69, 9.17) is 0 Å². The predicted molar refractivity (Wildman–Crippen MR) is 116 cm³/mol. The van der Waals surface area contributed by atoms with Crippen molar-refractivity contribution in [3.8, 4) is 0 Å². The summed E-state index contributed by atoms with van der Waals surface area (Å²) in [6.45, 7) is 4.09. The van der Waals surface area contributed by atoms with Gasteiger partial charge in [0.1, 0.15) is 18.0 Å². The Morgan fingerprint density at radius 1 is 1.00 bits per heavy atom. The number of nitrogens with one attached hydrogen (secondary N) is 1. The van der Waals surface area contributed by atoms with Crippen molar-refractivity contribution in [1.82, 2.24) is 14.9 Å². The number of rotatable bonds is 6. The first kappa shape index (κ1) is 19.7. The van der Waals surface area contributed by atoms with E-state index in [0.717, 1.165) is 57.1 Å². The molecule has 0 radical (unpaired) electrons. The number of carbonyl (C=O) groups is 1. The summed E-state index contributed by atoms with van der Waals surface area (Å²) in [6, 6.07) is 12.6. The average molecular weight is 394 g/mol. The Bertz CT molecular complexity index is 783. The quantitative estimate of drug-likeness (QED) is 0.815. The normalized spacial score (nSPS) is 17.9. The molecule has 154 valence electrons. The molecule has 0 unspecified atom stereocenters. The molecule has 0 aliphatic carbocycles. The van der Waals surface area contributed by atoms with Gasteiger partial charge in [0.15, 0.2) is 0 Å². The number of carbonyl (C=O) groups excluding carboxylic acids is 1. The first-order valence-electron chi connectivity index (χ1n) is 10.9. The van der Waals surface area contributed by atoms with Crippen molar-refractivity contribution in [2.24, 2.45) is 5.92 Å². The maximum absolute atomic E-state index is 12.6. The summed E-state index contributed by atoms with van der Waals surface area (Å²) in [5.41, 5.74) is 1.40. The van der Waals surface area contributed by atoms with E-state index in [2.05, 4.69) is 50.5 Å². The third-order valence-electron chi connectivity index (χ3n) is 6.09. The zero-order valence-corrected chi connectivity index (χ0v) is 17.1. The number of benzene rings is 1. The van der Waals surface area contributed by atoms with E-state index in [1.165, 1.54) is 24.8 Å². The molecule has 1 aromatic carbocycles. The van der Waals surface area contributed by atoms with E-state index in [0.29, 0.717) is 12.5 Å². The third-order valence-corrected chi connectivity index (χ3v) is 6.09. The van der Waals surface area contributed by atoms with Crippen LogP contribution in [0.3, 0.4) is 0 Å². The lowest BCUT2D eigenvalue weighted by atomic mass is 9.90. The van der Waals surface area contributed by atoms with Gasteiger partial charge in [0.2, 0.25) is 5.91 Å². The molecule has 2 aromatic rings. The molecule has 0 atom stereocenters. The summed E-state index contributed by atoms with van der Waals surface area (Å²) in [5.74, 6) is 2.51. The summed E-state index contributed by atoms with van der Waals surface area (Å²) in [6.07, 6.45) is 8.58. The largest absolute Gasteiger partial charge is 0.361 e. The second-order valence-corrected chi connectivity index (χ2v) is 8.18. The number of piperidine rings is 2. The summed E-state index contributed by atoms with van der Waals surface area (Å²) in [7, 11) is 0. The van der Waals surface area contributed by atoms with Gasteiger partial charge in [-0.05, 0) is 50.0 Å². The zero-order valence-electron chi connectivity index (χ0n) is 17.1. The van der Waals surface area contributed by atoms with Crippen LogP contribution >= 0.6 is 0 Å². The van der Waals surface area contributed by atoms with Crippen molar-refractivity contribution in [3.05, 3.63) is 48.3 Å². The van der Waals surface area contributed by atoms with Crippen LogP contribution in [0.1, 0.15) is 37.7 Å². The van der Waals surface area contributed by atoms with Crippen LogP contribution in [0.4, 0.5) is 11.6 Å². The Morgan fingerprint density at radius 3 is 2.52 bits per heavy atom. The van der Waals surface area contributed by atoms with Gasteiger partial charge >= 0.3 is 0 Å². The highest BCUT2D eigenvalue weighted by molar-refractivity contribution is 5.80. The van der Waals surface area contributed by atoms with Crippen molar-refractivity contribution in [2.45, 2.75) is 38.5 Å². The third kappa shape index (κ3) is 5.46. The summed E-state index contributed by atoms with van der Waals surface area (Å²) in [5, 5.41) is 3.20. The van der Waals surface area contributed by atoms with Crippen LogP contribution < -0.4 is 10.2 Å². The maximum atomic E-state index is 12.6. The first-order valence-corrected chi connectivity index (χ1v) is 10.9. The Balaban J connectivity index is 1.23. The van der Waals surface area contributed by atoms with Crippen molar-refractivity contribution in [2.75, 3.05) is 42.9 Å². The molecule has 4 rings (SSSR count). The number of likely N-dealkylation sites (tertiary alicyclic amines) is 1. The Morgan fingerprint density at radius 2 is 1.76 bits per heavy atom. The molecule has 2 aliphatic heterocycles. The van der Waals surface area contributed by atoms with E-state index in [9.17, 15) is 4.79 Å². The summed E-state index contributed by atoms with van der Waals surface area (Å²) < 4.78 is 0. The second kappa shape index (κ2) is 9.72. The first-order chi connectivity index (χ1) is 14.3. The highest BCUT2D eigenvalue weighted by atomic mass is 16.2. The number of nitrogens with zero attached hydrogens (tertiary/aromatic N) is 4. The summed E-state index contributed by atoms with van der Waals surface area (Å²) >= 11 is 0. The van der Waals surface area contributed by atoms with E-state index < -0.39 is 0 Å². The zero-order chi connectivity index (χ0) is 19.9. The monoisotopic (exact) mass is 393 g/mol. The highest BCUT2D eigenvalue weighted by Gasteiger charge is 2.23. The summed E-state index contributed by atoms with van der Waals surface area (Å²) in [4.78, 5) is 25.6. The Hall–Kier alpha value is -2.63. The molecule has 2 aliphatic rings. The van der Waals surface area contributed by atoms with Crippen LogP contribution in [0.5, 0.6) is 0 Å². The van der Waals surface area contributed by atoms with Crippen molar-refractivity contribution < 1.29 is 4.79 Å². The Labute approximate surface area is 173 Å². The van der Waals surface area contributed by atoms with Gasteiger partial charge in [-0.1, -0.05) is 30.3 Å². The van der Waals surface area contributed by atoms with Crippen LogP contribution in [0, 0.1) is 5.92 Å². The average Bonchev–Trinajstić information content (AvgIpc) is 2.79. The van der Waals surface area contributed by atoms with Gasteiger partial charge in [-0.15, -0.1) is 0 Å². The molecule has 1 aromatic heterocycles. The number of hydrogen-bond donors (Lipinski definition) is 1. The molecule has 0 saturated carbocycles. The standard InChI is InChI=1S/C23H31N5O/c29-23(28-13-9-20(10-14-28)15-19-7-3-1-4-8-19)17-24-21-16-22(26-18-25-21)27-11-5-2-6-12-27/h1,3-4,7-8,16,18,20H,2,5-6,9-15,17H2,(H,24,25,26). The van der Waals surface area contributed by atoms with Gasteiger partial charge < -0.3 is 15.1 Å². The number of amides is 1. The molecular formula is C23H31N5O. The van der Waals surface area contributed by atoms with E-state index in [-0.39, 0.29) is 5.91 Å². The lowest BCUT2D eigenvalue weighted by Crippen LogP contribution is -2.41. The molecule has 1 N–H and O–H groups in total. The van der Waals surface area contributed by atoms with Gasteiger partial charge in [-0.3, -0.25) is 4.79 Å². The van der Waals surface area contributed by atoms with Gasteiger partial charge in [-0.2, -0.15) is 0 Å². The molecule has 0 spiro atoms. The molecule has 29 heavy (non-hydrogen) atoms. The number of anilines is 2. The Kier molecular flexibility index (Phi) is 6.60. The van der Waals surface area contributed by atoms with Crippen LogP contribution in [0.2, 0.25) is 0 Å². The molecule has 6 nitrogen and oxygen atoms in total. The van der Waals surface area contributed by atoms with Crippen LogP contribution in [0.15, 0.2) is 42.7 Å². The lowest BCUT2D eigenvalue weighted by molar-refractivity contribution is -0.130. The fraction of sp³-hybridized carbons (Fsp3) is 0.522. The second-order valence-electron chi connectivity index (χ2n) is 8.18. The molecule has 1 amide bonds. The molecule has 6 heteroatoms. The fourth-order valence-corrected chi connectivity index (χ4v) is 4.35. The maximum Gasteiger partial charge on any atom is 0.241 e. The van der Waals surface area contributed by atoms with Gasteiger partial charge in [0, 0.05) is 32.2 Å². The molecule has 0 bridgehead atoms. The number of hydrogen-bond acceptors (Lipinski definition) is 5. The minimum absolute atomic E-state index is 0.154. The molecule has 2 fully saturated rings. The van der Waals surface area contributed by atoms with E-state index in [1.807, 2.05) is 11.0 Å². The van der Waals surface area contributed by atoms with Crippen LogP contribution in [-0.2, 0) is 11.2 Å². The van der Waals surface area contributed by atoms with Crippen LogP contribution in [-0.4, -0.2) is 53.5 Å². The van der Waals surface area contributed by atoms with E-state index in [1.54, 1.807) is 6.33 Å². The minimum Gasteiger partial charge on any atom is -0.361 e. The minimum atomic E-state index is 0.154. The van der Waals surface area contributed by atoms with E-state index >= 15 is 0 Å². The van der Waals surface area contributed by atoms with Gasteiger partial charge in [-0.25, -0.2) is 9.97 Å². The van der Waals surface area contributed by atoms with Crippen molar-refractivity contribution in [3.63, 3.8) is 0 Å². The molecule has 2 saturated heterocycles. The fourth-order valence-electron chi connectivity index (χ4n) is 4.35. The van der Waals surface area contributed by atoms with Gasteiger partial charge in [0.25, 0.3) is 0 Å². The topological polar surface area (TPSA) is 61.4 Å². The SMILES string of the molecule is O=C(CNc1cc(N2CCCCC2)ncn1)N1CCC(Cc2ccccc2)CC1. The lowest BCUT2D eigenvalue weighted by Gasteiger charge is -2.32. The van der Waals surface area contributed by atoms with Crippen molar-refractivity contribution >= 4 is 17.5 Å². The van der Waals surface area contributed by atoms with Crippen molar-refractivity contribution in [1.29, 1.82) is 0 Å². The predicted octanol–water partition coefficient (Wildman–Crippen LogP) is 3.36. The number of aromatic nitrogens is 2. The smallest absolute Gasteiger partial charge is 0.241 e. The molecule has 3 heterocycles. The van der Waals surface area contributed by atoms with Crippen LogP contribution in [0.25, 0.3) is 0 Å². The molecular weight excluding hydrogens is 362 g/mol. The van der Waals surface area contributed by atoms with Gasteiger partial charge in [0.05, 0.1) is 6.54 Å². The highest BCUT2D eigenvalue weighted by Crippen LogP contribution is 2.22.